The lowest BCUT2D eigenvalue weighted by atomic mass is 9.86. The lowest BCUT2D eigenvalue weighted by Gasteiger charge is -2.28. The van der Waals surface area contributed by atoms with Gasteiger partial charge < -0.3 is 20.5 Å². The smallest absolute Gasteiger partial charge is 0.315 e. The third-order valence-corrected chi connectivity index (χ3v) is 3.62. The molecule has 0 spiro atoms. The highest BCUT2D eigenvalue weighted by Gasteiger charge is 2.27. The Morgan fingerprint density at radius 1 is 1.25 bits per heavy atom. The Balaban J connectivity index is 2.25. The number of carbonyl (C=O) groups excluding carboxylic acids is 1. The van der Waals surface area contributed by atoms with Gasteiger partial charge in [0, 0.05) is 19.2 Å². The summed E-state index contributed by atoms with van der Waals surface area (Å²) in [6, 6.07) is -0.141. The first-order valence-electron chi connectivity index (χ1n) is 7.25. The van der Waals surface area contributed by atoms with Crippen molar-refractivity contribution < 1.29 is 19.4 Å². The molecule has 0 atom stereocenters. The minimum absolute atomic E-state index is 0.0702. The molecule has 0 saturated heterocycles. The van der Waals surface area contributed by atoms with Crippen LogP contribution >= 0.6 is 0 Å². The lowest BCUT2D eigenvalue weighted by Crippen LogP contribution is -2.48. The van der Waals surface area contributed by atoms with Crippen LogP contribution in [-0.4, -0.2) is 41.9 Å². The van der Waals surface area contributed by atoms with Crippen molar-refractivity contribution >= 4 is 12.0 Å². The number of carboxylic acids is 1. The molecule has 0 unspecified atom stereocenters. The number of amides is 2. The molecule has 0 aromatic rings. The normalized spacial score (nSPS) is 23.1. The predicted octanol–water partition coefficient (Wildman–Crippen LogP) is 1.74. The number of urea groups is 1. The zero-order valence-corrected chi connectivity index (χ0v) is 12.6. The van der Waals surface area contributed by atoms with Crippen molar-refractivity contribution in [2.24, 2.45) is 5.92 Å². The molecule has 20 heavy (non-hydrogen) atoms. The molecule has 0 aromatic carbocycles. The Kier molecular flexibility index (Phi) is 6.26. The Hall–Kier alpha value is -1.30. The summed E-state index contributed by atoms with van der Waals surface area (Å²) in [5.41, 5.74) is -0.382. The summed E-state index contributed by atoms with van der Waals surface area (Å²) >= 11 is 0. The molecule has 2 amide bonds. The van der Waals surface area contributed by atoms with E-state index in [0.29, 0.717) is 26.0 Å². The highest BCUT2D eigenvalue weighted by Crippen LogP contribution is 2.24. The Morgan fingerprint density at radius 2 is 1.85 bits per heavy atom. The van der Waals surface area contributed by atoms with E-state index in [-0.39, 0.29) is 23.6 Å². The van der Waals surface area contributed by atoms with Gasteiger partial charge in [0.2, 0.25) is 0 Å². The number of carbonyl (C=O) groups is 2. The number of hydrogen-bond acceptors (Lipinski definition) is 3. The molecule has 6 heteroatoms. The topological polar surface area (TPSA) is 87.7 Å². The van der Waals surface area contributed by atoms with E-state index in [1.807, 2.05) is 20.8 Å². The van der Waals surface area contributed by atoms with Crippen LogP contribution in [0.2, 0.25) is 0 Å². The number of carboxylic acid groups (broad SMARTS) is 1. The third kappa shape index (κ3) is 5.77. The summed E-state index contributed by atoms with van der Waals surface area (Å²) in [5.74, 6) is -0.987. The molecule has 1 rings (SSSR count). The minimum atomic E-state index is -0.730. The maximum absolute atomic E-state index is 11.8. The molecule has 116 valence electrons. The fourth-order valence-corrected chi connectivity index (χ4v) is 2.46. The van der Waals surface area contributed by atoms with Crippen LogP contribution in [0.5, 0.6) is 0 Å². The van der Waals surface area contributed by atoms with Crippen LogP contribution in [0.1, 0.15) is 46.5 Å². The minimum Gasteiger partial charge on any atom is -0.481 e. The van der Waals surface area contributed by atoms with Gasteiger partial charge in [0.15, 0.2) is 0 Å². The molecule has 1 aliphatic carbocycles. The Morgan fingerprint density at radius 3 is 2.35 bits per heavy atom. The van der Waals surface area contributed by atoms with Crippen molar-refractivity contribution in [3.05, 3.63) is 0 Å². The van der Waals surface area contributed by atoms with Gasteiger partial charge in [-0.25, -0.2) is 4.79 Å². The van der Waals surface area contributed by atoms with Crippen molar-refractivity contribution in [2.45, 2.75) is 58.1 Å². The molecular formula is C14H26N2O4. The van der Waals surface area contributed by atoms with E-state index < -0.39 is 5.97 Å². The average molecular weight is 286 g/mol. The van der Waals surface area contributed by atoms with Crippen LogP contribution in [-0.2, 0) is 9.53 Å². The molecule has 1 aliphatic rings. The van der Waals surface area contributed by atoms with Crippen LogP contribution in [0.15, 0.2) is 0 Å². The molecule has 0 aromatic heterocycles. The van der Waals surface area contributed by atoms with Crippen molar-refractivity contribution in [1.82, 2.24) is 10.6 Å². The van der Waals surface area contributed by atoms with Crippen LogP contribution < -0.4 is 10.6 Å². The van der Waals surface area contributed by atoms with Gasteiger partial charge in [-0.3, -0.25) is 4.79 Å². The second-order valence-electron chi connectivity index (χ2n) is 5.91. The highest BCUT2D eigenvalue weighted by molar-refractivity contribution is 5.74. The first-order valence-corrected chi connectivity index (χ1v) is 7.25. The van der Waals surface area contributed by atoms with Crippen LogP contribution in [0.25, 0.3) is 0 Å². The van der Waals surface area contributed by atoms with E-state index in [1.165, 1.54) is 0 Å². The van der Waals surface area contributed by atoms with E-state index in [4.69, 9.17) is 9.84 Å². The third-order valence-electron chi connectivity index (χ3n) is 3.62. The van der Waals surface area contributed by atoms with Gasteiger partial charge in [0.25, 0.3) is 0 Å². The number of aliphatic carboxylic acids is 1. The van der Waals surface area contributed by atoms with Crippen LogP contribution in [0.3, 0.4) is 0 Å². The SMILES string of the molecule is CCOC(C)(C)CNC(=O)NC1CCC(C(=O)O)CC1. The maximum atomic E-state index is 11.8. The summed E-state index contributed by atoms with van der Waals surface area (Å²) < 4.78 is 5.50. The molecule has 0 bridgehead atoms. The van der Waals surface area contributed by atoms with Gasteiger partial charge in [-0.05, 0) is 46.5 Å². The second-order valence-corrected chi connectivity index (χ2v) is 5.91. The van der Waals surface area contributed by atoms with E-state index >= 15 is 0 Å². The molecule has 1 fully saturated rings. The molecule has 3 N–H and O–H groups in total. The van der Waals surface area contributed by atoms with E-state index in [9.17, 15) is 9.59 Å². The predicted molar refractivity (Wildman–Crippen MR) is 75.6 cm³/mol. The average Bonchev–Trinajstić information content (AvgIpc) is 2.37. The van der Waals surface area contributed by atoms with E-state index in [2.05, 4.69) is 10.6 Å². The van der Waals surface area contributed by atoms with Gasteiger partial charge in [0.1, 0.15) is 0 Å². The number of rotatable bonds is 6. The maximum Gasteiger partial charge on any atom is 0.315 e. The summed E-state index contributed by atoms with van der Waals surface area (Å²) in [4.78, 5) is 22.6. The monoisotopic (exact) mass is 286 g/mol. The summed E-state index contributed by atoms with van der Waals surface area (Å²) in [7, 11) is 0. The Bertz CT molecular complexity index is 336. The molecule has 0 radical (unpaired) electrons. The first kappa shape index (κ1) is 16.8. The molecule has 0 aliphatic heterocycles. The first-order chi connectivity index (χ1) is 9.34. The summed E-state index contributed by atoms with van der Waals surface area (Å²) in [6.07, 6.45) is 2.70. The van der Waals surface area contributed by atoms with Gasteiger partial charge >= 0.3 is 12.0 Å². The molecule has 0 heterocycles. The van der Waals surface area contributed by atoms with Crippen molar-refractivity contribution in [3.8, 4) is 0 Å². The van der Waals surface area contributed by atoms with Crippen LogP contribution in [0.4, 0.5) is 4.79 Å². The summed E-state index contributed by atoms with van der Waals surface area (Å²) in [6.45, 7) is 6.82. The second kappa shape index (κ2) is 7.47. The standard InChI is InChI=1S/C14H26N2O4/c1-4-20-14(2,3)9-15-13(19)16-11-7-5-10(6-8-11)12(17)18/h10-11H,4-9H2,1-3H3,(H,17,18)(H2,15,16,19). The van der Waals surface area contributed by atoms with E-state index in [0.717, 1.165) is 12.8 Å². The van der Waals surface area contributed by atoms with Crippen LogP contribution in [0, 0.1) is 5.92 Å². The van der Waals surface area contributed by atoms with Crippen molar-refractivity contribution in [3.63, 3.8) is 0 Å². The fourth-order valence-electron chi connectivity index (χ4n) is 2.46. The van der Waals surface area contributed by atoms with Gasteiger partial charge in [-0.2, -0.15) is 0 Å². The van der Waals surface area contributed by atoms with Gasteiger partial charge in [0.05, 0.1) is 11.5 Å². The van der Waals surface area contributed by atoms with Gasteiger partial charge in [-0.15, -0.1) is 0 Å². The zero-order valence-electron chi connectivity index (χ0n) is 12.6. The highest BCUT2D eigenvalue weighted by atomic mass is 16.5. The summed E-state index contributed by atoms with van der Waals surface area (Å²) in [5, 5.41) is 14.6. The molecular weight excluding hydrogens is 260 g/mol. The quantitative estimate of drug-likeness (QED) is 0.694. The number of nitrogens with one attached hydrogen (secondary N) is 2. The van der Waals surface area contributed by atoms with Crippen molar-refractivity contribution in [2.75, 3.05) is 13.2 Å². The number of hydrogen-bond donors (Lipinski definition) is 3. The van der Waals surface area contributed by atoms with Crippen molar-refractivity contribution in [1.29, 1.82) is 0 Å². The largest absolute Gasteiger partial charge is 0.481 e. The fraction of sp³-hybridized carbons (Fsp3) is 0.857. The number of ether oxygens (including phenoxy) is 1. The zero-order chi connectivity index (χ0) is 15.2. The lowest BCUT2D eigenvalue weighted by molar-refractivity contribution is -0.142. The Labute approximate surface area is 120 Å². The molecule has 1 saturated carbocycles. The van der Waals surface area contributed by atoms with E-state index in [1.54, 1.807) is 0 Å². The molecule has 6 nitrogen and oxygen atoms in total. The van der Waals surface area contributed by atoms with Gasteiger partial charge in [-0.1, -0.05) is 0 Å².